The van der Waals surface area contributed by atoms with Gasteiger partial charge in [-0.05, 0) is 60.9 Å². The van der Waals surface area contributed by atoms with Gasteiger partial charge < -0.3 is 4.90 Å². The van der Waals surface area contributed by atoms with Gasteiger partial charge in [-0.25, -0.2) is 4.98 Å². The van der Waals surface area contributed by atoms with Gasteiger partial charge in [0.05, 0.1) is 0 Å². The summed E-state index contributed by atoms with van der Waals surface area (Å²) in [5, 5.41) is 10.4. The molecule has 2 aliphatic rings. The van der Waals surface area contributed by atoms with Gasteiger partial charge in [-0.3, -0.25) is 4.57 Å². The Bertz CT molecular complexity index is 1010. The van der Waals surface area contributed by atoms with Crippen molar-refractivity contribution >= 4 is 29.2 Å². The van der Waals surface area contributed by atoms with Crippen molar-refractivity contribution < 1.29 is 0 Å². The van der Waals surface area contributed by atoms with Crippen LogP contribution >= 0.6 is 23.2 Å². The average Bonchev–Trinajstić information content (AvgIpc) is 3.49. The summed E-state index contributed by atoms with van der Waals surface area (Å²) < 4.78 is 2.24. The molecular formula is C23H25Cl2N5. The molecule has 1 aromatic carbocycles. The molecule has 0 atom stereocenters. The molecule has 156 valence electrons. The van der Waals surface area contributed by atoms with Crippen LogP contribution in [0.25, 0.3) is 11.4 Å². The van der Waals surface area contributed by atoms with Crippen LogP contribution in [-0.4, -0.2) is 32.8 Å². The Kier molecular flexibility index (Phi) is 5.42. The number of rotatable bonds is 5. The van der Waals surface area contributed by atoms with E-state index in [0.717, 1.165) is 48.4 Å². The molecule has 1 saturated carbocycles. The third kappa shape index (κ3) is 3.93. The second-order valence-electron chi connectivity index (χ2n) is 8.60. The third-order valence-electron chi connectivity index (χ3n) is 6.64. The monoisotopic (exact) mass is 441 g/mol. The van der Waals surface area contributed by atoms with Gasteiger partial charge in [-0.1, -0.05) is 48.2 Å². The second kappa shape index (κ2) is 8.20. The highest BCUT2D eigenvalue weighted by molar-refractivity contribution is 6.30. The Labute approximate surface area is 187 Å². The van der Waals surface area contributed by atoms with Crippen LogP contribution in [0.3, 0.4) is 0 Å². The third-order valence-corrected chi connectivity index (χ3v) is 7.12. The van der Waals surface area contributed by atoms with Crippen molar-refractivity contribution in [3.05, 3.63) is 58.3 Å². The molecule has 1 saturated heterocycles. The van der Waals surface area contributed by atoms with Crippen LogP contribution in [0.1, 0.15) is 37.7 Å². The van der Waals surface area contributed by atoms with Gasteiger partial charge in [0.15, 0.2) is 5.82 Å². The minimum Gasteiger partial charge on any atom is -0.340 e. The van der Waals surface area contributed by atoms with E-state index in [1.165, 1.54) is 37.7 Å². The Hall–Kier alpha value is -2.11. The number of aromatic nitrogens is 4. The maximum Gasteiger partial charge on any atom is 0.227 e. The van der Waals surface area contributed by atoms with E-state index >= 15 is 0 Å². The molecule has 0 unspecified atom stereocenters. The fourth-order valence-electron chi connectivity index (χ4n) is 4.99. The normalized spacial score (nSPS) is 17.9. The van der Waals surface area contributed by atoms with Gasteiger partial charge >= 0.3 is 0 Å². The highest BCUT2D eigenvalue weighted by atomic mass is 35.5. The molecule has 0 radical (unpaired) electrons. The maximum atomic E-state index is 6.05. The summed E-state index contributed by atoms with van der Waals surface area (Å²) in [6.07, 6.45) is 9.33. The van der Waals surface area contributed by atoms with E-state index in [1.807, 2.05) is 18.2 Å². The van der Waals surface area contributed by atoms with E-state index in [-0.39, 0.29) is 0 Å². The predicted molar refractivity (Wildman–Crippen MR) is 121 cm³/mol. The first-order chi connectivity index (χ1) is 14.6. The van der Waals surface area contributed by atoms with E-state index in [2.05, 4.69) is 36.8 Å². The lowest BCUT2D eigenvalue weighted by atomic mass is 9.86. The van der Waals surface area contributed by atoms with Crippen LogP contribution < -0.4 is 4.90 Å². The Morgan fingerprint density at radius 2 is 1.73 bits per heavy atom. The zero-order valence-corrected chi connectivity index (χ0v) is 18.4. The summed E-state index contributed by atoms with van der Waals surface area (Å²) in [4.78, 5) is 6.68. The second-order valence-corrected chi connectivity index (χ2v) is 9.42. The van der Waals surface area contributed by atoms with Gasteiger partial charge in [-0.15, -0.1) is 10.2 Å². The van der Waals surface area contributed by atoms with E-state index in [0.29, 0.717) is 10.6 Å². The smallest absolute Gasteiger partial charge is 0.227 e. The average molecular weight is 442 g/mol. The molecule has 7 heteroatoms. The molecule has 5 rings (SSSR count). The van der Waals surface area contributed by atoms with Crippen LogP contribution in [0, 0.1) is 5.41 Å². The molecule has 1 spiro atoms. The summed E-state index contributed by atoms with van der Waals surface area (Å²) in [7, 11) is 0. The minimum atomic E-state index is 0.480. The highest BCUT2D eigenvalue weighted by Gasteiger charge is 2.41. The van der Waals surface area contributed by atoms with E-state index < -0.39 is 0 Å². The van der Waals surface area contributed by atoms with Gasteiger partial charge in [0.1, 0.15) is 5.15 Å². The first-order valence-electron chi connectivity index (χ1n) is 10.7. The predicted octanol–water partition coefficient (Wildman–Crippen LogP) is 5.66. The van der Waals surface area contributed by atoms with Crippen molar-refractivity contribution in [3.63, 3.8) is 0 Å². The number of anilines is 1. The summed E-state index contributed by atoms with van der Waals surface area (Å²) in [6, 6.07) is 11.8. The first-order valence-corrected chi connectivity index (χ1v) is 11.4. The topological polar surface area (TPSA) is 46.8 Å². The molecule has 1 aliphatic carbocycles. The lowest BCUT2D eigenvalue weighted by Crippen LogP contribution is -2.27. The van der Waals surface area contributed by atoms with Gasteiger partial charge in [-0.2, -0.15) is 0 Å². The van der Waals surface area contributed by atoms with Crippen molar-refractivity contribution in [2.24, 2.45) is 5.41 Å². The zero-order valence-electron chi connectivity index (χ0n) is 16.9. The lowest BCUT2D eigenvalue weighted by Gasteiger charge is -2.24. The van der Waals surface area contributed by atoms with Crippen molar-refractivity contribution in [3.8, 4) is 11.4 Å². The maximum absolute atomic E-state index is 6.05. The fourth-order valence-corrected chi connectivity index (χ4v) is 5.22. The molecule has 5 nitrogen and oxygen atoms in total. The quantitative estimate of drug-likeness (QED) is 0.479. The molecule has 2 fully saturated rings. The summed E-state index contributed by atoms with van der Waals surface area (Å²) >= 11 is 12.0. The fraction of sp³-hybridized carbons (Fsp3) is 0.435. The van der Waals surface area contributed by atoms with Crippen molar-refractivity contribution in [2.45, 2.75) is 45.1 Å². The van der Waals surface area contributed by atoms with Gasteiger partial charge in [0.2, 0.25) is 5.95 Å². The SMILES string of the molecule is Clc1ccc(CCn2c(-c3ccc(Cl)nc3)nnc2N2CCC3(CCCC3)C2)cc1. The number of hydrogen-bond acceptors (Lipinski definition) is 4. The van der Waals surface area contributed by atoms with E-state index in [9.17, 15) is 0 Å². The number of nitrogens with zero attached hydrogens (tertiary/aromatic N) is 5. The standard InChI is InChI=1S/C23H25Cl2N5/c24-19-6-3-17(4-7-19)9-13-30-21(18-5-8-20(25)26-15-18)27-28-22(30)29-14-12-23(16-29)10-1-2-11-23/h3-8,15H,1-2,9-14,16H2. The van der Waals surface area contributed by atoms with Crippen LogP contribution in [0.15, 0.2) is 42.6 Å². The number of pyridine rings is 1. The van der Waals surface area contributed by atoms with Gasteiger partial charge in [0.25, 0.3) is 0 Å². The first kappa shape index (κ1) is 19.8. The molecule has 2 aromatic heterocycles. The molecular weight excluding hydrogens is 417 g/mol. The molecule has 0 N–H and O–H groups in total. The molecule has 3 heterocycles. The minimum absolute atomic E-state index is 0.480. The van der Waals surface area contributed by atoms with E-state index in [1.54, 1.807) is 12.3 Å². The molecule has 0 amide bonds. The summed E-state index contributed by atoms with van der Waals surface area (Å²) in [5.74, 6) is 1.81. The Balaban J connectivity index is 1.45. The zero-order chi connectivity index (χ0) is 20.6. The van der Waals surface area contributed by atoms with Crippen LogP contribution in [0.5, 0.6) is 0 Å². The van der Waals surface area contributed by atoms with Crippen molar-refractivity contribution in [2.75, 3.05) is 18.0 Å². The number of aryl methyl sites for hydroxylation is 1. The molecule has 1 aliphatic heterocycles. The highest BCUT2D eigenvalue weighted by Crippen LogP contribution is 2.46. The van der Waals surface area contributed by atoms with Crippen molar-refractivity contribution in [1.82, 2.24) is 19.7 Å². The number of hydrogen-bond donors (Lipinski definition) is 0. The van der Waals surface area contributed by atoms with Gasteiger partial charge in [0, 0.05) is 36.4 Å². The molecule has 0 bridgehead atoms. The summed E-state index contributed by atoms with van der Waals surface area (Å²) in [6.45, 7) is 2.94. The Morgan fingerprint density at radius 3 is 2.47 bits per heavy atom. The lowest BCUT2D eigenvalue weighted by molar-refractivity contribution is 0.340. The van der Waals surface area contributed by atoms with Crippen LogP contribution in [0.2, 0.25) is 10.2 Å². The summed E-state index contributed by atoms with van der Waals surface area (Å²) in [5.41, 5.74) is 2.66. The van der Waals surface area contributed by atoms with Crippen LogP contribution in [-0.2, 0) is 13.0 Å². The van der Waals surface area contributed by atoms with Crippen LogP contribution in [0.4, 0.5) is 5.95 Å². The van der Waals surface area contributed by atoms with Crippen molar-refractivity contribution in [1.29, 1.82) is 0 Å². The number of halogens is 2. The molecule has 3 aromatic rings. The molecule has 30 heavy (non-hydrogen) atoms. The largest absolute Gasteiger partial charge is 0.340 e. The van der Waals surface area contributed by atoms with E-state index in [4.69, 9.17) is 23.2 Å². The number of benzene rings is 1. The Morgan fingerprint density at radius 1 is 0.933 bits per heavy atom.